The summed E-state index contributed by atoms with van der Waals surface area (Å²) in [7, 11) is 0. The number of rotatable bonds is 3. The molecule has 3 aromatic rings. The van der Waals surface area contributed by atoms with E-state index < -0.39 is 6.09 Å². The minimum absolute atomic E-state index is 0.0284. The maximum atomic E-state index is 12.2. The van der Waals surface area contributed by atoms with Gasteiger partial charge in [0.15, 0.2) is 0 Å². The van der Waals surface area contributed by atoms with Crippen LogP contribution in [0.15, 0.2) is 54.6 Å². The van der Waals surface area contributed by atoms with Crippen molar-refractivity contribution in [2.24, 2.45) is 0 Å². The van der Waals surface area contributed by atoms with Crippen molar-refractivity contribution in [1.29, 1.82) is 0 Å². The number of nitrogens with zero attached hydrogens (tertiary/aromatic N) is 1. The molecule has 2 aromatic carbocycles. The molecule has 0 spiro atoms. The second kappa shape index (κ2) is 8.18. The van der Waals surface area contributed by atoms with E-state index in [0.717, 1.165) is 0 Å². The molecule has 0 fully saturated rings. The van der Waals surface area contributed by atoms with Crippen molar-refractivity contribution in [2.75, 3.05) is 24.6 Å². The van der Waals surface area contributed by atoms with E-state index in [0.29, 0.717) is 16.9 Å². The summed E-state index contributed by atoms with van der Waals surface area (Å²) in [6, 6.07) is 18.1. The number of aryl methyl sites for hydroxylation is 1. The largest absolute Gasteiger partial charge is 0.449 e. The lowest BCUT2D eigenvalue weighted by atomic mass is 9.98. The molecule has 6 heteroatoms. The fourth-order valence-electron chi connectivity index (χ4n) is 3.67. The quantitative estimate of drug-likeness (QED) is 0.587. The summed E-state index contributed by atoms with van der Waals surface area (Å²) in [5, 5.41) is 2.66. The first-order valence-electron chi connectivity index (χ1n) is 9.65. The molecular formula is C24H22N4O2. The molecule has 1 aromatic heterocycles. The molecule has 0 atom stereocenters. The van der Waals surface area contributed by atoms with E-state index in [-0.39, 0.29) is 24.9 Å². The zero-order valence-corrected chi connectivity index (χ0v) is 16.6. The van der Waals surface area contributed by atoms with Crippen LogP contribution in [-0.2, 0) is 4.74 Å². The molecule has 0 bridgehead atoms. The van der Waals surface area contributed by atoms with E-state index in [1.54, 1.807) is 13.0 Å². The second-order valence-corrected chi connectivity index (χ2v) is 7.08. The average Bonchev–Trinajstić information content (AvgIpc) is 3.07. The van der Waals surface area contributed by atoms with Crippen LogP contribution in [0, 0.1) is 18.8 Å². The average molecular weight is 398 g/mol. The highest BCUT2D eigenvalue weighted by atomic mass is 16.5. The van der Waals surface area contributed by atoms with Gasteiger partial charge in [0.25, 0.3) is 0 Å². The van der Waals surface area contributed by atoms with Crippen molar-refractivity contribution in [3.05, 3.63) is 77.0 Å². The van der Waals surface area contributed by atoms with Gasteiger partial charge >= 0.3 is 6.09 Å². The van der Waals surface area contributed by atoms with E-state index in [4.69, 9.17) is 16.2 Å². The van der Waals surface area contributed by atoms with Crippen LogP contribution in [0.3, 0.4) is 0 Å². The van der Waals surface area contributed by atoms with Gasteiger partial charge < -0.3 is 21.5 Å². The Hall–Kier alpha value is -3.98. The topological polar surface area (TPSA) is 103 Å². The Morgan fingerprint density at radius 1 is 1.10 bits per heavy atom. The molecule has 0 saturated carbocycles. The summed E-state index contributed by atoms with van der Waals surface area (Å²) in [4.78, 5) is 16.3. The van der Waals surface area contributed by atoms with Crippen molar-refractivity contribution in [3.63, 3.8) is 0 Å². The van der Waals surface area contributed by atoms with Crippen molar-refractivity contribution < 1.29 is 9.53 Å². The van der Waals surface area contributed by atoms with Gasteiger partial charge in [-0.05, 0) is 35.2 Å². The first-order valence-corrected chi connectivity index (χ1v) is 9.65. The van der Waals surface area contributed by atoms with Gasteiger partial charge in [0, 0.05) is 11.5 Å². The smallest absolute Gasteiger partial charge is 0.407 e. The summed E-state index contributed by atoms with van der Waals surface area (Å²) in [6.45, 7) is 2.23. The first-order chi connectivity index (χ1) is 14.5. The van der Waals surface area contributed by atoms with E-state index in [9.17, 15) is 4.79 Å². The van der Waals surface area contributed by atoms with Gasteiger partial charge in [-0.2, -0.15) is 0 Å². The SMILES string of the molecule is Cc1nc(N)c(N)cc1C#CCNC(=O)OCC1c2ccccc2-c2ccccc21. The molecule has 1 aliphatic rings. The van der Waals surface area contributed by atoms with Crippen LogP contribution in [0.4, 0.5) is 16.3 Å². The Morgan fingerprint density at radius 3 is 2.40 bits per heavy atom. The molecule has 0 unspecified atom stereocenters. The monoisotopic (exact) mass is 398 g/mol. The van der Waals surface area contributed by atoms with Crippen LogP contribution in [0.1, 0.15) is 28.3 Å². The molecular weight excluding hydrogens is 376 g/mol. The minimum atomic E-state index is -0.502. The van der Waals surface area contributed by atoms with Crippen LogP contribution in [0.2, 0.25) is 0 Å². The van der Waals surface area contributed by atoms with Gasteiger partial charge in [-0.1, -0.05) is 60.4 Å². The Kier molecular flexibility index (Phi) is 5.27. The Bertz CT molecular complexity index is 1130. The molecule has 4 rings (SSSR count). The predicted octanol–water partition coefficient (Wildman–Crippen LogP) is 3.44. The maximum Gasteiger partial charge on any atom is 0.407 e. The molecule has 30 heavy (non-hydrogen) atoms. The molecule has 1 aliphatic carbocycles. The number of aromatic nitrogens is 1. The number of anilines is 2. The van der Waals surface area contributed by atoms with Gasteiger partial charge in [0.05, 0.1) is 17.9 Å². The number of carbonyl (C=O) groups is 1. The Morgan fingerprint density at radius 2 is 1.73 bits per heavy atom. The minimum Gasteiger partial charge on any atom is -0.449 e. The van der Waals surface area contributed by atoms with Crippen LogP contribution in [0.5, 0.6) is 0 Å². The number of fused-ring (bicyclic) bond motifs is 3. The summed E-state index contributed by atoms with van der Waals surface area (Å²) in [6.07, 6.45) is -0.502. The number of ether oxygens (including phenoxy) is 1. The third-order valence-corrected chi connectivity index (χ3v) is 5.16. The number of nitrogens with one attached hydrogen (secondary N) is 1. The number of nitrogens with two attached hydrogens (primary N) is 2. The van der Waals surface area contributed by atoms with Crippen LogP contribution >= 0.6 is 0 Å². The predicted molar refractivity (Wildman–Crippen MR) is 118 cm³/mol. The van der Waals surface area contributed by atoms with Gasteiger partial charge in [-0.3, -0.25) is 0 Å². The molecule has 0 radical (unpaired) electrons. The molecule has 150 valence electrons. The van der Waals surface area contributed by atoms with Crippen molar-refractivity contribution in [2.45, 2.75) is 12.8 Å². The van der Waals surface area contributed by atoms with Crippen LogP contribution < -0.4 is 16.8 Å². The Labute approximate surface area is 175 Å². The normalized spacial score (nSPS) is 11.8. The van der Waals surface area contributed by atoms with Crippen LogP contribution in [0.25, 0.3) is 11.1 Å². The highest BCUT2D eigenvalue weighted by Crippen LogP contribution is 2.44. The van der Waals surface area contributed by atoms with Crippen LogP contribution in [-0.4, -0.2) is 24.2 Å². The zero-order valence-electron chi connectivity index (χ0n) is 16.6. The third kappa shape index (κ3) is 3.78. The van der Waals surface area contributed by atoms with Crippen molar-refractivity contribution in [1.82, 2.24) is 10.3 Å². The van der Waals surface area contributed by atoms with E-state index in [2.05, 4.69) is 46.4 Å². The fraction of sp³-hybridized carbons (Fsp3) is 0.167. The molecule has 1 amide bonds. The third-order valence-electron chi connectivity index (χ3n) is 5.16. The number of amides is 1. The molecule has 5 N–H and O–H groups in total. The van der Waals surface area contributed by atoms with Crippen molar-refractivity contribution >= 4 is 17.6 Å². The van der Waals surface area contributed by atoms with E-state index in [1.165, 1.54) is 22.3 Å². The Balaban J connectivity index is 1.36. The van der Waals surface area contributed by atoms with Gasteiger partial charge in [0.2, 0.25) is 0 Å². The molecule has 6 nitrogen and oxygen atoms in total. The van der Waals surface area contributed by atoms with Gasteiger partial charge in [0.1, 0.15) is 12.4 Å². The summed E-state index contributed by atoms with van der Waals surface area (Å²) < 4.78 is 5.48. The lowest BCUT2D eigenvalue weighted by Crippen LogP contribution is -2.26. The van der Waals surface area contributed by atoms with E-state index in [1.807, 2.05) is 24.3 Å². The first kappa shape index (κ1) is 19.3. The number of alkyl carbamates (subject to hydrolysis) is 1. The summed E-state index contributed by atoms with van der Waals surface area (Å²) in [5.74, 6) is 6.14. The molecule has 1 heterocycles. The standard InChI is InChI=1S/C24H22N4O2/c1-15-16(13-22(25)23(26)28-15)7-6-12-27-24(29)30-14-21-19-10-4-2-8-17(19)18-9-3-5-11-20(18)21/h2-5,8-11,13,21H,12,14,25H2,1H3,(H2,26,28)(H,27,29). The van der Waals surface area contributed by atoms with Gasteiger partial charge in [-0.25, -0.2) is 9.78 Å². The maximum absolute atomic E-state index is 12.2. The number of hydrogen-bond acceptors (Lipinski definition) is 5. The van der Waals surface area contributed by atoms with E-state index >= 15 is 0 Å². The number of nitrogen functional groups attached to an aromatic ring is 2. The van der Waals surface area contributed by atoms with Gasteiger partial charge in [-0.15, -0.1) is 0 Å². The zero-order chi connectivity index (χ0) is 21.1. The highest BCUT2D eigenvalue weighted by Gasteiger charge is 2.28. The second-order valence-electron chi connectivity index (χ2n) is 7.08. The lowest BCUT2D eigenvalue weighted by Gasteiger charge is -2.14. The number of hydrogen-bond donors (Lipinski definition) is 3. The summed E-state index contributed by atoms with van der Waals surface area (Å²) >= 11 is 0. The number of benzene rings is 2. The van der Waals surface area contributed by atoms with Crippen molar-refractivity contribution in [3.8, 4) is 23.0 Å². The number of pyridine rings is 1. The fourth-order valence-corrected chi connectivity index (χ4v) is 3.67. The lowest BCUT2D eigenvalue weighted by molar-refractivity contribution is 0.144. The summed E-state index contributed by atoms with van der Waals surface area (Å²) in [5.41, 5.74) is 17.9. The highest BCUT2D eigenvalue weighted by molar-refractivity contribution is 5.79. The molecule has 0 saturated heterocycles. The number of carbonyl (C=O) groups excluding carboxylic acids is 1. The molecule has 0 aliphatic heterocycles.